The molecular formula is C11H23N2O2-. The van der Waals surface area contributed by atoms with Gasteiger partial charge < -0.3 is 15.2 Å². The Balaban J connectivity index is 0.00000225. The van der Waals surface area contributed by atoms with Gasteiger partial charge in [-0.05, 0) is 18.9 Å². The average molecular weight is 215 g/mol. The van der Waals surface area contributed by atoms with Gasteiger partial charge in [0.15, 0.2) is 0 Å². The van der Waals surface area contributed by atoms with Crippen LogP contribution in [0.25, 0.3) is 0 Å². The molecule has 0 aliphatic carbocycles. The van der Waals surface area contributed by atoms with Crippen LogP contribution in [0.3, 0.4) is 0 Å². The number of hydrogen-bond acceptors (Lipinski definition) is 4. The molecule has 15 heavy (non-hydrogen) atoms. The molecule has 1 N–H and O–H groups in total. The van der Waals surface area contributed by atoms with Gasteiger partial charge in [-0.3, -0.25) is 4.99 Å². The monoisotopic (exact) mass is 215 g/mol. The Morgan fingerprint density at radius 1 is 1.53 bits per heavy atom. The van der Waals surface area contributed by atoms with Gasteiger partial charge in [-0.25, -0.2) is 0 Å². The van der Waals surface area contributed by atoms with Gasteiger partial charge in [0, 0.05) is 13.6 Å². The Kier molecular flexibility index (Phi) is 3.97. The zero-order valence-electron chi connectivity index (χ0n) is 10.0. The lowest BCUT2D eigenvalue weighted by molar-refractivity contribution is -0.261. The van der Waals surface area contributed by atoms with Crippen LogP contribution < -0.4 is 10.4 Å². The van der Waals surface area contributed by atoms with Crippen LogP contribution in [-0.4, -0.2) is 30.8 Å². The van der Waals surface area contributed by atoms with Gasteiger partial charge in [-0.1, -0.05) is 27.7 Å². The molecule has 4 heteroatoms. The molecule has 1 aliphatic rings. The SMILES string of the molecule is C[C@@H]1CCNC[C@H]1N=C([O-])OC(C)(C)C.[HH]. The number of nitrogens with zero attached hydrogens (tertiary/aromatic N) is 1. The zero-order valence-corrected chi connectivity index (χ0v) is 10.0. The highest BCUT2D eigenvalue weighted by Gasteiger charge is 2.20. The third-order valence-electron chi connectivity index (χ3n) is 2.45. The van der Waals surface area contributed by atoms with Crippen molar-refractivity contribution in [1.82, 2.24) is 5.32 Å². The van der Waals surface area contributed by atoms with E-state index in [-0.39, 0.29) is 7.47 Å². The minimum atomic E-state index is -0.452. The van der Waals surface area contributed by atoms with Crippen molar-refractivity contribution in [1.29, 1.82) is 0 Å². The second kappa shape index (κ2) is 4.84. The number of hydrogen-bond donors (Lipinski definition) is 1. The Labute approximate surface area is 93.2 Å². The maximum absolute atomic E-state index is 11.5. The van der Waals surface area contributed by atoms with Gasteiger partial charge in [0.2, 0.25) is 0 Å². The molecule has 1 heterocycles. The molecule has 90 valence electrons. The molecule has 1 aliphatic heterocycles. The molecule has 0 saturated carbocycles. The molecule has 1 fully saturated rings. The molecule has 0 amide bonds. The zero-order chi connectivity index (χ0) is 11.5. The Morgan fingerprint density at radius 2 is 2.20 bits per heavy atom. The number of nitrogens with one attached hydrogen (secondary N) is 1. The van der Waals surface area contributed by atoms with Crippen molar-refractivity contribution in [3.05, 3.63) is 0 Å². The Morgan fingerprint density at radius 3 is 2.73 bits per heavy atom. The van der Waals surface area contributed by atoms with Gasteiger partial charge in [-0.2, -0.15) is 0 Å². The van der Waals surface area contributed by atoms with Crippen molar-refractivity contribution in [3.63, 3.8) is 0 Å². The van der Waals surface area contributed by atoms with Gasteiger partial charge >= 0.3 is 0 Å². The van der Waals surface area contributed by atoms with Crippen LogP contribution in [0.1, 0.15) is 35.5 Å². The predicted molar refractivity (Wildman–Crippen MR) is 60.8 cm³/mol. The molecule has 0 aromatic heterocycles. The van der Waals surface area contributed by atoms with Crippen molar-refractivity contribution in [2.24, 2.45) is 10.9 Å². The molecule has 0 spiro atoms. The van der Waals surface area contributed by atoms with E-state index in [0.29, 0.717) is 5.92 Å². The maximum atomic E-state index is 11.5. The maximum Gasteiger partial charge on any atom is 0.146 e. The highest BCUT2D eigenvalue weighted by molar-refractivity contribution is 5.62. The summed E-state index contributed by atoms with van der Waals surface area (Å²) in [5.41, 5.74) is -0.452. The fourth-order valence-electron chi connectivity index (χ4n) is 1.57. The van der Waals surface area contributed by atoms with E-state index in [4.69, 9.17) is 4.74 Å². The highest BCUT2D eigenvalue weighted by Crippen LogP contribution is 2.15. The standard InChI is InChI=1S/C11H22N2O2.H2/c1-8-5-6-12-7-9(8)13-10(14)15-11(2,3)4;/h8-9,12H,5-7H2,1-4H3,(H,13,14);1H/p-1/t8-,9-;/m1./s1. The topological polar surface area (TPSA) is 56.7 Å². The van der Waals surface area contributed by atoms with E-state index in [1.165, 1.54) is 0 Å². The summed E-state index contributed by atoms with van der Waals surface area (Å²) >= 11 is 0. The second-order valence-electron chi connectivity index (χ2n) is 5.15. The normalized spacial score (nSPS) is 28.9. The molecule has 0 radical (unpaired) electrons. The van der Waals surface area contributed by atoms with Crippen molar-refractivity contribution in [2.75, 3.05) is 13.1 Å². The van der Waals surface area contributed by atoms with E-state index >= 15 is 0 Å². The lowest BCUT2D eigenvalue weighted by Crippen LogP contribution is -2.41. The fourth-order valence-corrected chi connectivity index (χ4v) is 1.57. The van der Waals surface area contributed by atoms with Crippen molar-refractivity contribution >= 4 is 6.08 Å². The Hall–Kier alpha value is -0.770. The van der Waals surface area contributed by atoms with Crippen molar-refractivity contribution < 1.29 is 11.3 Å². The smallest absolute Gasteiger partial charge is 0.146 e. The minimum Gasteiger partial charge on any atom is -0.595 e. The van der Waals surface area contributed by atoms with Gasteiger partial charge in [-0.15, -0.1) is 0 Å². The van der Waals surface area contributed by atoms with E-state index in [1.54, 1.807) is 0 Å². The lowest BCUT2D eigenvalue weighted by Gasteiger charge is -2.32. The first-order chi connectivity index (χ1) is 6.88. The summed E-state index contributed by atoms with van der Waals surface area (Å²) in [5, 5.41) is 14.7. The van der Waals surface area contributed by atoms with Crippen LogP contribution in [0.4, 0.5) is 0 Å². The van der Waals surface area contributed by atoms with Crippen LogP contribution in [0.5, 0.6) is 0 Å². The largest absolute Gasteiger partial charge is 0.595 e. The molecule has 1 saturated heterocycles. The van der Waals surface area contributed by atoms with E-state index in [9.17, 15) is 5.11 Å². The third kappa shape index (κ3) is 4.51. The summed E-state index contributed by atoms with van der Waals surface area (Å²) in [6.45, 7) is 9.47. The minimum absolute atomic E-state index is 0. The average Bonchev–Trinajstić information content (AvgIpc) is 2.05. The van der Waals surface area contributed by atoms with E-state index in [1.807, 2.05) is 20.8 Å². The van der Waals surface area contributed by atoms with Crippen molar-refractivity contribution in [2.45, 2.75) is 45.8 Å². The number of rotatable bonds is 1. The third-order valence-corrected chi connectivity index (χ3v) is 2.45. The molecule has 4 nitrogen and oxygen atoms in total. The molecule has 0 bridgehead atoms. The quantitative estimate of drug-likeness (QED) is 0.519. The van der Waals surface area contributed by atoms with Crippen LogP contribution >= 0.6 is 0 Å². The molecule has 0 unspecified atom stereocenters. The molecule has 0 aromatic rings. The number of aliphatic imine (C=N–C) groups is 1. The summed E-state index contributed by atoms with van der Waals surface area (Å²) < 4.78 is 5.16. The summed E-state index contributed by atoms with van der Waals surface area (Å²) in [6.07, 6.45) is 0.625. The fraction of sp³-hybridized carbons (Fsp3) is 0.909. The van der Waals surface area contributed by atoms with Crippen LogP contribution in [0.2, 0.25) is 0 Å². The van der Waals surface area contributed by atoms with Gasteiger partial charge in [0.1, 0.15) is 6.08 Å². The Bertz CT molecular complexity index is 239. The van der Waals surface area contributed by atoms with Crippen LogP contribution in [0, 0.1) is 5.92 Å². The van der Waals surface area contributed by atoms with E-state index in [2.05, 4.69) is 17.2 Å². The van der Waals surface area contributed by atoms with E-state index in [0.717, 1.165) is 19.5 Å². The van der Waals surface area contributed by atoms with Crippen LogP contribution in [0.15, 0.2) is 4.99 Å². The van der Waals surface area contributed by atoms with Crippen molar-refractivity contribution in [3.8, 4) is 0 Å². The molecular weight excluding hydrogens is 192 g/mol. The van der Waals surface area contributed by atoms with Crippen LogP contribution in [-0.2, 0) is 4.74 Å². The first-order valence-corrected chi connectivity index (χ1v) is 5.53. The number of ether oxygens (including phenoxy) is 1. The first kappa shape index (κ1) is 12.3. The molecule has 1 rings (SSSR count). The lowest BCUT2D eigenvalue weighted by atomic mass is 9.95. The predicted octanol–water partition coefficient (Wildman–Crippen LogP) is 0.762. The summed E-state index contributed by atoms with van der Waals surface area (Å²) in [5.74, 6) is 0.457. The first-order valence-electron chi connectivity index (χ1n) is 5.53. The molecule has 0 aromatic carbocycles. The van der Waals surface area contributed by atoms with Gasteiger partial charge in [0.25, 0.3) is 0 Å². The summed E-state index contributed by atoms with van der Waals surface area (Å²) in [4.78, 5) is 4.08. The summed E-state index contributed by atoms with van der Waals surface area (Å²) in [6, 6.07) is 0.0635. The second-order valence-corrected chi connectivity index (χ2v) is 5.15. The van der Waals surface area contributed by atoms with E-state index < -0.39 is 11.7 Å². The molecule has 2 atom stereocenters. The van der Waals surface area contributed by atoms with Gasteiger partial charge in [0.05, 0.1) is 6.04 Å². The number of piperidine rings is 1. The summed E-state index contributed by atoms with van der Waals surface area (Å²) in [7, 11) is 0. The highest BCUT2D eigenvalue weighted by atomic mass is 16.6.